The molecule has 0 saturated carbocycles. The molecule has 0 amide bonds. The lowest BCUT2D eigenvalue weighted by Gasteiger charge is -2.13. The van der Waals surface area contributed by atoms with Crippen LogP contribution < -0.4 is 14.2 Å². The number of nitrogens with one attached hydrogen (secondary N) is 1. The van der Waals surface area contributed by atoms with Crippen LogP contribution in [0, 0.1) is 12.3 Å². The molecule has 1 atom stereocenters. The van der Waals surface area contributed by atoms with Crippen molar-refractivity contribution < 1.29 is 19.0 Å². The average molecular weight is 569 g/mol. The second-order valence-corrected chi connectivity index (χ2v) is 8.87. The summed E-state index contributed by atoms with van der Waals surface area (Å²) in [6.07, 6.45) is 8.46. The largest absolute Gasteiger partial charge is 0.493 e. The zero-order chi connectivity index (χ0) is 25.9. The predicted octanol–water partition coefficient (Wildman–Crippen LogP) is 5.49. The fraction of sp³-hybridized carbons (Fsp3) is 0.241. The predicted molar refractivity (Wildman–Crippen MR) is 158 cm³/mol. The van der Waals surface area contributed by atoms with E-state index in [4.69, 9.17) is 25.5 Å². The first kappa shape index (κ1) is 29.7. The minimum absolute atomic E-state index is 0. The summed E-state index contributed by atoms with van der Waals surface area (Å²) < 4.78 is 17.2. The van der Waals surface area contributed by atoms with Crippen molar-refractivity contribution >= 4 is 41.4 Å². The first-order valence-corrected chi connectivity index (χ1v) is 11.8. The van der Waals surface area contributed by atoms with Gasteiger partial charge in [-0.05, 0) is 50.5 Å². The normalized spacial score (nSPS) is 13.1. The van der Waals surface area contributed by atoms with Crippen molar-refractivity contribution in [1.29, 1.82) is 0 Å². The summed E-state index contributed by atoms with van der Waals surface area (Å²) in [6.45, 7) is 1.40. The van der Waals surface area contributed by atoms with Crippen LogP contribution >= 0.6 is 24.8 Å². The van der Waals surface area contributed by atoms with E-state index in [2.05, 4.69) is 25.9 Å². The molecule has 1 aliphatic carbocycles. The molecule has 1 unspecified atom stereocenters. The molecule has 39 heavy (non-hydrogen) atoms. The second-order valence-electron chi connectivity index (χ2n) is 8.87. The van der Waals surface area contributed by atoms with Gasteiger partial charge in [0.15, 0.2) is 11.5 Å². The summed E-state index contributed by atoms with van der Waals surface area (Å²) in [7, 11) is 7.26. The van der Waals surface area contributed by atoms with Gasteiger partial charge in [-0.3, -0.25) is 4.98 Å². The highest BCUT2D eigenvalue weighted by Crippen LogP contribution is 2.46. The highest BCUT2D eigenvalue weighted by atomic mass is 35.5. The molecular formula is C29H30Cl2N4O4. The molecule has 5 rings (SSSR count). The topological polar surface area (TPSA) is 81.2 Å². The van der Waals surface area contributed by atoms with Gasteiger partial charge in [0, 0.05) is 52.1 Å². The van der Waals surface area contributed by atoms with Gasteiger partial charge < -0.3 is 28.9 Å². The summed E-state index contributed by atoms with van der Waals surface area (Å²) in [5.41, 5.74) is 5.94. The van der Waals surface area contributed by atoms with E-state index in [9.17, 15) is 0 Å². The van der Waals surface area contributed by atoms with Crippen LogP contribution in [0.15, 0.2) is 60.0 Å². The SMILES string of the molecule is C#CC(ON=C1c2cc(OC)c(OC)cc2-c2[nH]c3ccc(OCCN(C)C)cc3c21)c1cccnc1.Cl.Cl. The maximum Gasteiger partial charge on any atom is 0.213 e. The van der Waals surface area contributed by atoms with Gasteiger partial charge in [-0.25, -0.2) is 0 Å². The molecule has 1 aliphatic rings. The molecule has 0 fully saturated rings. The van der Waals surface area contributed by atoms with Crippen molar-refractivity contribution in [3.63, 3.8) is 0 Å². The Hall–Kier alpha value is -3.90. The number of aromatic nitrogens is 2. The highest BCUT2D eigenvalue weighted by molar-refractivity contribution is 6.30. The summed E-state index contributed by atoms with van der Waals surface area (Å²) in [5, 5.41) is 5.57. The molecular weight excluding hydrogens is 539 g/mol. The van der Waals surface area contributed by atoms with Crippen LogP contribution in [-0.2, 0) is 4.84 Å². The molecule has 2 heterocycles. The second kappa shape index (κ2) is 12.8. The standard InChI is InChI=1S/C29H28N4O4.2ClH/c1-6-24(18-8-7-11-30-17-18)37-32-29-21-16-26(35-5)25(34-4)15-20(21)28-27(29)22-14-19(9-10-23(22)31-28)36-13-12-33(2)3;;/h1,7-11,14-17,24,31H,12-13H2,2-5H3;2*1H. The van der Waals surface area contributed by atoms with E-state index in [1.54, 1.807) is 26.6 Å². The van der Waals surface area contributed by atoms with Crippen LogP contribution in [0.3, 0.4) is 0 Å². The number of likely N-dealkylation sites (N-methyl/N-ethyl adjacent to an activating group) is 1. The summed E-state index contributed by atoms with van der Waals surface area (Å²) in [6, 6.07) is 13.5. The Morgan fingerprint density at radius 3 is 2.44 bits per heavy atom. The third-order valence-electron chi connectivity index (χ3n) is 6.25. The van der Waals surface area contributed by atoms with E-state index >= 15 is 0 Å². The van der Waals surface area contributed by atoms with Gasteiger partial charge in [-0.2, -0.15) is 0 Å². The molecule has 2 aromatic carbocycles. The lowest BCUT2D eigenvalue weighted by molar-refractivity contribution is 0.0998. The first-order valence-electron chi connectivity index (χ1n) is 11.8. The van der Waals surface area contributed by atoms with Crippen LogP contribution in [0.25, 0.3) is 22.2 Å². The number of pyridine rings is 1. The third kappa shape index (κ3) is 5.76. The maximum atomic E-state index is 6.01. The minimum Gasteiger partial charge on any atom is -0.493 e. The number of H-pyrrole nitrogens is 1. The average Bonchev–Trinajstić information content (AvgIpc) is 3.43. The van der Waals surface area contributed by atoms with Gasteiger partial charge in [0.25, 0.3) is 0 Å². The highest BCUT2D eigenvalue weighted by Gasteiger charge is 2.32. The zero-order valence-corrected chi connectivity index (χ0v) is 23.7. The fourth-order valence-corrected chi connectivity index (χ4v) is 4.39. The Kier molecular flexibility index (Phi) is 9.71. The molecule has 1 N–H and O–H groups in total. The number of aromatic amines is 1. The molecule has 204 valence electrons. The van der Waals surface area contributed by atoms with E-state index in [0.717, 1.165) is 51.1 Å². The maximum absolute atomic E-state index is 6.01. The number of nitrogens with zero attached hydrogens (tertiary/aromatic N) is 3. The smallest absolute Gasteiger partial charge is 0.213 e. The Morgan fingerprint density at radius 1 is 1.05 bits per heavy atom. The summed E-state index contributed by atoms with van der Waals surface area (Å²) in [5.74, 6) is 4.65. The number of fused-ring (bicyclic) bond motifs is 5. The number of hydrogen-bond donors (Lipinski definition) is 1. The van der Waals surface area contributed by atoms with Crippen LogP contribution in [0.4, 0.5) is 0 Å². The lowest BCUT2D eigenvalue weighted by Crippen LogP contribution is -2.19. The van der Waals surface area contributed by atoms with Crippen LogP contribution in [0.5, 0.6) is 17.2 Å². The molecule has 0 saturated heterocycles. The number of rotatable bonds is 9. The first-order chi connectivity index (χ1) is 18.0. The number of halogens is 2. The van der Waals surface area contributed by atoms with Crippen molar-refractivity contribution in [2.24, 2.45) is 5.16 Å². The van der Waals surface area contributed by atoms with Gasteiger partial charge in [0.05, 0.1) is 19.9 Å². The van der Waals surface area contributed by atoms with Crippen LogP contribution in [0.2, 0.25) is 0 Å². The lowest BCUT2D eigenvalue weighted by atomic mass is 10.1. The molecule has 4 aromatic rings. The van der Waals surface area contributed by atoms with E-state index in [1.165, 1.54) is 0 Å². The fourth-order valence-electron chi connectivity index (χ4n) is 4.39. The van der Waals surface area contributed by atoms with Crippen LogP contribution in [-0.4, -0.2) is 62.0 Å². The number of oxime groups is 1. The summed E-state index contributed by atoms with van der Waals surface area (Å²) >= 11 is 0. The van der Waals surface area contributed by atoms with Crippen molar-refractivity contribution in [2.45, 2.75) is 6.10 Å². The molecule has 8 nitrogen and oxygen atoms in total. The molecule has 0 bridgehead atoms. The number of terminal acetylenes is 1. The van der Waals surface area contributed by atoms with E-state index in [-0.39, 0.29) is 24.8 Å². The molecule has 10 heteroatoms. The minimum atomic E-state index is -0.691. The Balaban J connectivity index is 0.00000210. The van der Waals surface area contributed by atoms with Gasteiger partial charge in [0.1, 0.15) is 18.1 Å². The molecule has 0 aliphatic heterocycles. The Morgan fingerprint density at radius 2 is 1.79 bits per heavy atom. The van der Waals surface area contributed by atoms with Crippen molar-refractivity contribution in [1.82, 2.24) is 14.9 Å². The Bertz CT molecular complexity index is 1510. The molecule has 0 spiro atoms. The Labute approximate surface area is 240 Å². The quantitative estimate of drug-likeness (QED) is 0.187. The molecule has 0 radical (unpaired) electrons. The number of ether oxygens (including phenoxy) is 3. The van der Waals surface area contributed by atoms with E-state index < -0.39 is 6.10 Å². The van der Waals surface area contributed by atoms with Gasteiger partial charge in [-0.1, -0.05) is 17.1 Å². The monoisotopic (exact) mass is 568 g/mol. The summed E-state index contributed by atoms with van der Waals surface area (Å²) in [4.78, 5) is 15.7. The number of methoxy groups -OCH3 is 2. The van der Waals surface area contributed by atoms with E-state index in [1.807, 2.05) is 56.6 Å². The number of hydrogen-bond acceptors (Lipinski definition) is 7. The van der Waals surface area contributed by atoms with E-state index in [0.29, 0.717) is 23.8 Å². The van der Waals surface area contributed by atoms with Crippen molar-refractivity contribution in [3.8, 4) is 40.8 Å². The number of benzene rings is 2. The zero-order valence-electron chi connectivity index (χ0n) is 22.1. The van der Waals surface area contributed by atoms with Gasteiger partial charge in [-0.15, -0.1) is 31.2 Å². The molecule has 2 aromatic heterocycles. The van der Waals surface area contributed by atoms with Crippen LogP contribution in [0.1, 0.15) is 22.8 Å². The van der Waals surface area contributed by atoms with Crippen molar-refractivity contribution in [2.75, 3.05) is 41.5 Å². The van der Waals surface area contributed by atoms with Crippen molar-refractivity contribution in [3.05, 3.63) is 71.5 Å². The van der Waals surface area contributed by atoms with Gasteiger partial charge >= 0.3 is 0 Å². The van der Waals surface area contributed by atoms with Gasteiger partial charge in [0.2, 0.25) is 6.10 Å². The third-order valence-corrected chi connectivity index (χ3v) is 6.25.